The second-order valence-electron chi connectivity index (χ2n) is 10.8. The van der Waals surface area contributed by atoms with Gasteiger partial charge in [-0.2, -0.15) is 5.10 Å². The summed E-state index contributed by atoms with van der Waals surface area (Å²) in [6.45, 7) is 5.27. The molecule has 0 saturated carbocycles. The molecule has 0 spiro atoms. The molecule has 0 unspecified atom stereocenters. The number of nitrogens with zero attached hydrogens (tertiary/aromatic N) is 6. The van der Waals surface area contributed by atoms with Gasteiger partial charge in [0.05, 0.1) is 35.1 Å². The maximum absolute atomic E-state index is 13.6. The third kappa shape index (κ3) is 6.12. The van der Waals surface area contributed by atoms with Crippen LogP contribution in [0.4, 0.5) is 11.6 Å². The van der Waals surface area contributed by atoms with Gasteiger partial charge in [-0.1, -0.05) is 17.7 Å². The highest BCUT2D eigenvalue weighted by Gasteiger charge is 2.26. The number of aromatic nitrogens is 5. The lowest BCUT2D eigenvalue weighted by Gasteiger charge is -2.33. The van der Waals surface area contributed by atoms with Gasteiger partial charge in [0.15, 0.2) is 5.69 Å². The van der Waals surface area contributed by atoms with E-state index in [1.807, 2.05) is 48.6 Å². The molecule has 4 heterocycles. The number of carbonyl (C=O) groups is 1. The topological polar surface area (TPSA) is 144 Å². The predicted octanol–water partition coefficient (Wildman–Crippen LogP) is 3.27. The van der Waals surface area contributed by atoms with Crippen molar-refractivity contribution in [1.82, 2.24) is 29.0 Å². The smallest absolute Gasteiger partial charge is 0.285 e. The lowest BCUT2D eigenvalue weighted by atomic mass is 9.92. The van der Waals surface area contributed by atoms with Gasteiger partial charge >= 0.3 is 0 Å². The summed E-state index contributed by atoms with van der Waals surface area (Å²) in [5.41, 5.74) is 3.36. The van der Waals surface area contributed by atoms with Crippen LogP contribution in [0, 0.1) is 6.92 Å². The lowest BCUT2D eigenvalue weighted by molar-refractivity contribution is 0.0977. The van der Waals surface area contributed by atoms with Crippen LogP contribution in [-0.2, 0) is 24.1 Å². The molecule has 12 nitrogen and oxygen atoms in total. The first-order valence-electron chi connectivity index (χ1n) is 13.5. The van der Waals surface area contributed by atoms with E-state index in [1.54, 1.807) is 17.7 Å². The van der Waals surface area contributed by atoms with Gasteiger partial charge in [-0.05, 0) is 61.9 Å². The van der Waals surface area contributed by atoms with Crippen molar-refractivity contribution in [3.05, 3.63) is 74.6 Å². The number of benzene rings is 1. The van der Waals surface area contributed by atoms with Crippen LogP contribution < -0.4 is 20.5 Å². The third-order valence-corrected chi connectivity index (χ3v) is 8.26. The first kappa shape index (κ1) is 29.5. The number of aryl methyl sites for hydroxylation is 2. The van der Waals surface area contributed by atoms with Crippen molar-refractivity contribution >= 4 is 50.1 Å². The van der Waals surface area contributed by atoms with Gasteiger partial charge in [0.1, 0.15) is 5.15 Å². The number of amides is 1. The Morgan fingerprint density at radius 2 is 1.86 bits per heavy atom. The van der Waals surface area contributed by atoms with Crippen LogP contribution in [0.3, 0.4) is 0 Å². The predicted molar refractivity (Wildman–Crippen MR) is 163 cm³/mol. The van der Waals surface area contributed by atoms with E-state index in [0.717, 1.165) is 43.3 Å². The Morgan fingerprint density at radius 1 is 1.14 bits per heavy atom. The molecule has 1 fully saturated rings. The molecule has 1 aliphatic rings. The number of hydrogen-bond acceptors (Lipinski definition) is 9. The fourth-order valence-electron chi connectivity index (χ4n) is 5.47. The first-order chi connectivity index (χ1) is 19.8. The average Bonchev–Trinajstić information content (AvgIpc) is 3.37. The summed E-state index contributed by atoms with van der Waals surface area (Å²) in [5, 5.41) is 8.08. The maximum Gasteiger partial charge on any atom is 0.285 e. The fourth-order valence-corrected chi connectivity index (χ4v) is 6.05. The lowest BCUT2D eigenvalue weighted by Crippen LogP contribution is -2.37. The maximum atomic E-state index is 13.6. The standard InChI is InChI=1S/C28H33ClN8O4S/c1-16-12-20(17(2)31-22-6-7-23(29)32-25(22)26(38)34-42(5,40)41)24-21(13-16)27(39)36(4)28(33-24)37-10-8-18(9-11-37)19-14-30-35(3)15-19/h6-7,12-15,17-18,31H,8-11H2,1-5H3,(H,34,38)/t17-/m1/s1. The highest BCUT2D eigenvalue weighted by molar-refractivity contribution is 7.89. The summed E-state index contributed by atoms with van der Waals surface area (Å²) in [6.07, 6.45) is 6.69. The van der Waals surface area contributed by atoms with Crippen molar-refractivity contribution < 1.29 is 13.2 Å². The molecule has 1 amide bonds. The molecular formula is C28H33ClN8O4S. The molecule has 0 radical (unpaired) electrons. The third-order valence-electron chi connectivity index (χ3n) is 7.50. The first-order valence-corrected chi connectivity index (χ1v) is 15.8. The Morgan fingerprint density at radius 3 is 2.50 bits per heavy atom. The zero-order valence-corrected chi connectivity index (χ0v) is 25.6. The van der Waals surface area contributed by atoms with E-state index in [-0.39, 0.29) is 22.1 Å². The Labute approximate surface area is 248 Å². The summed E-state index contributed by atoms with van der Waals surface area (Å²) < 4.78 is 28.7. The van der Waals surface area contributed by atoms with Crippen LogP contribution >= 0.6 is 11.6 Å². The van der Waals surface area contributed by atoms with Crippen molar-refractivity contribution in [3.63, 3.8) is 0 Å². The number of carbonyl (C=O) groups excluding carboxylic acids is 1. The second kappa shape index (κ2) is 11.4. The Hall–Kier alpha value is -3.97. The Kier molecular flexibility index (Phi) is 7.99. The molecule has 4 aromatic rings. The molecule has 1 saturated heterocycles. The highest BCUT2D eigenvalue weighted by Crippen LogP contribution is 2.32. The number of rotatable bonds is 7. The van der Waals surface area contributed by atoms with Crippen LogP contribution in [0.2, 0.25) is 5.15 Å². The van der Waals surface area contributed by atoms with Crippen LogP contribution in [0.1, 0.15) is 58.9 Å². The van der Waals surface area contributed by atoms with Gasteiger partial charge in [-0.15, -0.1) is 0 Å². The summed E-state index contributed by atoms with van der Waals surface area (Å²) in [4.78, 5) is 37.6. The van der Waals surface area contributed by atoms with E-state index in [2.05, 4.69) is 26.5 Å². The largest absolute Gasteiger partial charge is 0.377 e. The number of fused-ring (bicyclic) bond motifs is 1. The summed E-state index contributed by atoms with van der Waals surface area (Å²) >= 11 is 6.03. The van der Waals surface area contributed by atoms with Gasteiger partial charge in [0, 0.05) is 38.9 Å². The number of hydrogen-bond donors (Lipinski definition) is 2. The van der Waals surface area contributed by atoms with Crippen LogP contribution in [-0.4, -0.2) is 58.0 Å². The van der Waals surface area contributed by atoms with Crippen molar-refractivity contribution in [2.75, 3.05) is 29.6 Å². The molecule has 1 atom stereocenters. The molecular weight excluding hydrogens is 580 g/mol. The summed E-state index contributed by atoms with van der Waals surface area (Å²) in [5.74, 6) is 0.0838. The fraction of sp³-hybridized carbons (Fsp3) is 0.393. The quantitative estimate of drug-likeness (QED) is 0.300. The minimum absolute atomic E-state index is 0.0370. The number of sulfonamides is 1. The van der Waals surface area contributed by atoms with Gasteiger partial charge in [-0.3, -0.25) is 18.8 Å². The number of halogens is 1. The number of piperidine rings is 1. The van der Waals surface area contributed by atoms with E-state index >= 15 is 0 Å². The molecule has 42 heavy (non-hydrogen) atoms. The zero-order valence-electron chi connectivity index (χ0n) is 24.0. The van der Waals surface area contributed by atoms with Gasteiger partial charge in [-0.25, -0.2) is 23.1 Å². The average molecular weight is 613 g/mol. The molecule has 2 N–H and O–H groups in total. The molecule has 1 aromatic carbocycles. The van der Waals surface area contributed by atoms with Crippen molar-refractivity contribution in [3.8, 4) is 0 Å². The van der Waals surface area contributed by atoms with Crippen molar-refractivity contribution in [2.24, 2.45) is 14.1 Å². The van der Waals surface area contributed by atoms with E-state index < -0.39 is 22.0 Å². The molecule has 222 valence electrons. The van der Waals surface area contributed by atoms with Crippen molar-refractivity contribution in [2.45, 2.75) is 38.6 Å². The van der Waals surface area contributed by atoms with Gasteiger partial charge in [0.25, 0.3) is 11.5 Å². The molecule has 14 heteroatoms. The van der Waals surface area contributed by atoms with E-state index in [9.17, 15) is 18.0 Å². The number of anilines is 2. The van der Waals surface area contributed by atoms with E-state index in [4.69, 9.17) is 16.6 Å². The van der Waals surface area contributed by atoms with Crippen LogP contribution in [0.15, 0.2) is 41.5 Å². The Bertz CT molecular complexity index is 1840. The zero-order chi connectivity index (χ0) is 30.3. The van der Waals surface area contributed by atoms with Crippen LogP contribution in [0.5, 0.6) is 0 Å². The van der Waals surface area contributed by atoms with Gasteiger partial charge < -0.3 is 10.2 Å². The monoisotopic (exact) mass is 612 g/mol. The van der Waals surface area contributed by atoms with Crippen LogP contribution in [0.25, 0.3) is 10.9 Å². The molecule has 0 aliphatic carbocycles. The molecule has 1 aliphatic heterocycles. The minimum Gasteiger partial charge on any atom is -0.377 e. The number of nitrogens with one attached hydrogen (secondary N) is 2. The minimum atomic E-state index is -3.83. The summed E-state index contributed by atoms with van der Waals surface area (Å²) in [6, 6.07) is 6.40. The van der Waals surface area contributed by atoms with Crippen molar-refractivity contribution in [1.29, 1.82) is 0 Å². The second-order valence-corrected chi connectivity index (χ2v) is 13.0. The molecule has 5 rings (SSSR count). The van der Waals surface area contributed by atoms with E-state index in [0.29, 0.717) is 22.8 Å². The Balaban J connectivity index is 1.49. The SMILES string of the molecule is Cc1cc([C@@H](C)Nc2ccc(Cl)nc2C(=O)NS(C)(=O)=O)c2nc(N3CCC(c4cnn(C)c4)CC3)n(C)c(=O)c2c1. The summed E-state index contributed by atoms with van der Waals surface area (Å²) in [7, 11) is -0.168. The molecule has 0 bridgehead atoms. The highest BCUT2D eigenvalue weighted by atomic mass is 35.5. The number of pyridine rings is 1. The molecule has 3 aromatic heterocycles. The van der Waals surface area contributed by atoms with Gasteiger partial charge in [0.2, 0.25) is 16.0 Å². The normalized spacial score (nSPS) is 15.1. The van der Waals surface area contributed by atoms with E-state index in [1.165, 1.54) is 11.6 Å².